The van der Waals surface area contributed by atoms with Crippen LogP contribution in [0.1, 0.15) is 17.7 Å². The average molecular weight is 231 g/mol. The highest BCUT2D eigenvalue weighted by Gasteiger charge is 2.07. The second kappa shape index (κ2) is 4.62. The molecule has 0 saturated heterocycles. The van der Waals surface area contributed by atoms with E-state index in [1.165, 1.54) is 29.3 Å². The maximum Gasteiger partial charge on any atom is 0.307 e. The lowest BCUT2D eigenvalue weighted by Crippen LogP contribution is -2.07. The molecule has 0 atom stereocenters. The second-order valence-corrected chi connectivity index (χ2v) is 4.33. The number of hydrogen-bond donors (Lipinski definition) is 0. The van der Waals surface area contributed by atoms with Crippen molar-refractivity contribution in [3.63, 3.8) is 0 Å². The molecule has 1 aromatic carbocycles. The number of aromatic nitrogens is 1. The van der Waals surface area contributed by atoms with Crippen molar-refractivity contribution in [2.75, 3.05) is 7.11 Å². The molecule has 2 aromatic rings. The molecule has 2 rings (SSSR count). The molecule has 0 N–H and O–H groups in total. The van der Waals surface area contributed by atoms with Crippen molar-refractivity contribution in [1.82, 2.24) is 4.57 Å². The molecule has 0 fully saturated rings. The molecule has 0 amide bonds. The van der Waals surface area contributed by atoms with Gasteiger partial charge < -0.3 is 9.30 Å². The molecular formula is C14H17NO2. The number of aryl methyl sites for hydroxylation is 3. The Morgan fingerprint density at radius 3 is 2.76 bits per heavy atom. The summed E-state index contributed by atoms with van der Waals surface area (Å²) in [5, 5.41) is 1.22. The van der Waals surface area contributed by atoms with Crippen molar-refractivity contribution in [3.05, 3.63) is 35.5 Å². The van der Waals surface area contributed by atoms with Crippen LogP contribution >= 0.6 is 0 Å². The van der Waals surface area contributed by atoms with Gasteiger partial charge in [0.25, 0.3) is 0 Å². The minimum Gasteiger partial charge on any atom is -0.469 e. The molecule has 0 spiro atoms. The van der Waals surface area contributed by atoms with E-state index in [9.17, 15) is 4.79 Å². The van der Waals surface area contributed by atoms with Gasteiger partial charge in [0.05, 0.1) is 13.5 Å². The third-order valence-corrected chi connectivity index (χ3v) is 3.03. The number of ether oxygens (including phenoxy) is 1. The fourth-order valence-electron chi connectivity index (χ4n) is 2.10. The van der Waals surface area contributed by atoms with Crippen molar-refractivity contribution < 1.29 is 9.53 Å². The van der Waals surface area contributed by atoms with E-state index in [1.807, 2.05) is 0 Å². The fraction of sp³-hybridized carbons (Fsp3) is 0.357. The van der Waals surface area contributed by atoms with Crippen LogP contribution in [0.15, 0.2) is 24.3 Å². The topological polar surface area (TPSA) is 31.2 Å². The van der Waals surface area contributed by atoms with Crippen LogP contribution in [0.25, 0.3) is 10.9 Å². The van der Waals surface area contributed by atoms with Crippen LogP contribution in [0.2, 0.25) is 0 Å². The zero-order chi connectivity index (χ0) is 12.4. The Labute approximate surface area is 101 Å². The Kier molecular flexibility index (Phi) is 3.18. The summed E-state index contributed by atoms with van der Waals surface area (Å²) in [5.74, 6) is -0.168. The van der Waals surface area contributed by atoms with Crippen molar-refractivity contribution in [2.45, 2.75) is 26.8 Å². The maximum absolute atomic E-state index is 11.2. The lowest BCUT2D eigenvalue weighted by Gasteiger charge is -2.07. The van der Waals surface area contributed by atoms with Crippen LogP contribution in [-0.2, 0) is 16.1 Å². The van der Waals surface area contributed by atoms with Crippen LogP contribution < -0.4 is 0 Å². The quantitative estimate of drug-likeness (QED) is 0.761. The van der Waals surface area contributed by atoms with Gasteiger partial charge in [-0.1, -0.05) is 12.1 Å². The van der Waals surface area contributed by atoms with Crippen LogP contribution in [0.4, 0.5) is 0 Å². The minimum atomic E-state index is -0.168. The summed E-state index contributed by atoms with van der Waals surface area (Å²) < 4.78 is 6.84. The van der Waals surface area contributed by atoms with E-state index in [4.69, 9.17) is 0 Å². The predicted molar refractivity (Wildman–Crippen MR) is 68.0 cm³/mol. The number of hydrogen-bond acceptors (Lipinski definition) is 2. The third kappa shape index (κ3) is 2.33. The molecule has 0 unspecified atom stereocenters. The Hall–Kier alpha value is -1.77. The Morgan fingerprint density at radius 2 is 2.06 bits per heavy atom. The SMILES string of the molecule is COC(=O)CCn1c(C)cc2ccc(C)cc21. The number of nitrogens with zero attached hydrogens (tertiary/aromatic N) is 1. The fourth-order valence-corrected chi connectivity index (χ4v) is 2.10. The van der Waals surface area contributed by atoms with Gasteiger partial charge in [0, 0.05) is 17.8 Å². The molecular weight excluding hydrogens is 214 g/mol. The summed E-state index contributed by atoms with van der Waals surface area (Å²) in [6, 6.07) is 8.52. The molecule has 3 heteroatoms. The highest BCUT2D eigenvalue weighted by molar-refractivity contribution is 5.82. The number of benzene rings is 1. The first-order valence-corrected chi connectivity index (χ1v) is 5.75. The zero-order valence-corrected chi connectivity index (χ0v) is 10.5. The number of carbonyl (C=O) groups is 1. The molecule has 3 nitrogen and oxygen atoms in total. The monoisotopic (exact) mass is 231 g/mol. The van der Waals surface area contributed by atoms with E-state index in [2.05, 4.69) is 47.4 Å². The lowest BCUT2D eigenvalue weighted by molar-refractivity contribution is -0.140. The van der Waals surface area contributed by atoms with Crippen LogP contribution in [0.5, 0.6) is 0 Å². The van der Waals surface area contributed by atoms with Crippen LogP contribution in [0.3, 0.4) is 0 Å². The summed E-state index contributed by atoms with van der Waals surface area (Å²) in [5.41, 5.74) is 3.59. The van der Waals surface area contributed by atoms with Gasteiger partial charge in [0.15, 0.2) is 0 Å². The largest absolute Gasteiger partial charge is 0.469 e. The van der Waals surface area contributed by atoms with Crippen molar-refractivity contribution >= 4 is 16.9 Å². The number of methoxy groups -OCH3 is 1. The van der Waals surface area contributed by atoms with Gasteiger partial charge in [0.1, 0.15) is 0 Å². The standard InChI is InChI=1S/C14H17NO2/c1-10-4-5-12-9-11(2)15(13(12)8-10)7-6-14(16)17-3/h4-5,8-9H,6-7H2,1-3H3. The average Bonchev–Trinajstić information content (AvgIpc) is 2.61. The zero-order valence-electron chi connectivity index (χ0n) is 10.5. The highest BCUT2D eigenvalue weighted by atomic mass is 16.5. The molecule has 1 aromatic heterocycles. The normalized spacial score (nSPS) is 10.8. The van der Waals surface area contributed by atoms with E-state index < -0.39 is 0 Å². The van der Waals surface area contributed by atoms with Crippen molar-refractivity contribution in [2.24, 2.45) is 0 Å². The van der Waals surface area contributed by atoms with Gasteiger partial charge in [-0.15, -0.1) is 0 Å². The lowest BCUT2D eigenvalue weighted by atomic mass is 10.2. The summed E-state index contributed by atoms with van der Waals surface area (Å²) in [7, 11) is 1.42. The van der Waals surface area contributed by atoms with Crippen molar-refractivity contribution in [1.29, 1.82) is 0 Å². The summed E-state index contributed by atoms with van der Waals surface area (Å²) in [6.45, 7) is 4.81. The smallest absolute Gasteiger partial charge is 0.307 e. The number of esters is 1. The number of fused-ring (bicyclic) bond motifs is 1. The molecule has 0 aliphatic rings. The van der Waals surface area contributed by atoms with Gasteiger partial charge in [0.2, 0.25) is 0 Å². The van der Waals surface area contributed by atoms with Crippen molar-refractivity contribution in [3.8, 4) is 0 Å². The molecule has 1 heterocycles. The van der Waals surface area contributed by atoms with Crippen LogP contribution in [0, 0.1) is 13.8 Å². The summed E-state index contributed by atoms with van der Waals surface area (Å²) in [4.78, 5) is 11.2. The molecule has 17 heavy (non-hydrogen) atoms. The maximum atomic E-state index is 11.2. The summed E-state index contributed by atoms with van der Waals surface area (Å²) in [6.07, 6.45) is 0.412. The van der Waals surface area contributed by atoms with Gasteiger partial charge in [-0.2, -0.15) is 0 Å². The first-order valence-electron chi connectivity index (χ1n) is 5.75. The van der Waals surface area contributed by atoms with E-state index in [0.29, 0.717) is 13.0 Å². The van der Waals surface area contributed by atoms with Crippen LogP contribution in [-0.4, -0.2) is 17.6 Å². The van der Waals surface area contributed by atoms with Gasteiger partial charge in [-0.05, 0) is 36.9 Å². The highest BCUT2D eigenvalue weighted by Crippen LogP contribution is 2.21. The van der Waals surface area contributed by atoms with E-state index in [1.54, 1.807) is 0 Å². The Morgan fingerprint density at radius 1 is 1.29 bits per heavy atom. The third-order valence-electron chi connectivity index (χ3n) is 3.03. The van der Waals surface area contributed by atoms with Gasteiger partial charge >= 0.3 is 5.97 Å². The Balaban J connectivity index is 2.35. The van der Waals surface area contributed by atoms with E-state index in [0.717, 1.165) is 0 Å². The van der Waals surface area contributed by atoms with Gasteiger partial charge in [-0.3, -0.25) is 4.79 Å². The summed E-state index contributed by atoms with van der Waals surface area (Å²) >= 11 is 0. The van der Waals surface area contributed by atoms with E-state index in [-0.39, 0.29) is 5.97 Å². The number of carbonyl (C=O) groups excluding carboxylic acids is 1. The Bertz CT molecular complexity index is 555. The second-order valence-electron chi connectivity index (χ2n) is 4.33. The predicted octanol–water partition coefficient (Wildman–Crippen LogP) is 2.82. The first-order chi connectivity index (χ1) is 8.11. The molecule has 0 bridgehead atoms. The minimum absolute atomic E-state index is 0.168. The molecule has 0 radical (unpaired) electrons. The number of rotatable bonds is 3. The molecule has 90 valence electrons. The molecule has 0 aliphatic heterocycles. The van der Waals surface area contributed by atoms with E-state index >= 15 is 0 Å². The van der Waals surface area contributed by atoms with Gasteiger partial charge in [-0.25, -0.2) is 0 Å². The first kappa shape index (κ1) is 11.7. The molecule has 0 saturated carbocycles. The molecule has 0 aliphatic carbocycles.